The maximum absolute atomic E-state index is 12.8. The summed E-state index contributed by atoms with van der Waals surface area (Å²) in [7, 11) is 2.04. The number of nitrogens with one attached hydrogen (secondary N) is 1. The first-order valence-electron chi connectivity index (χ1n) is 9.73. The average molecular weight is 430 g/mol. The highest BCUT2D eigenvalue weighted by molar-refractivity contribution is 7.11. The summed E-state index contributed by atoms with van der Waals surface area (Å²) < 4.78 is 6.11. The molecule has 3 aromatic rings. The number of aromatic nitrogens is 5. The normalized spacial score (nSPS) is 15.3. The van der Waals surface area contributed by atoms with Gasteiger partial charge in [-0.1, -0.05) is 30.5 Å². The molecule has 3 aromatic heterocycles. The van der Waals surface area contributed by atoms with Crippen LogP contribution in [0.25, 0.3) is 5.82 Å². The predicted octanol–water partition coefficient (Wildman–Crippen LogP) is 1.82. The second-order valence-corrected chi connectivity index (χ2v) is 8.17. The zero-order chi connectivity index (χ0) is 20.9. The lowest BCUT2D eigenvalue weighted by Gasteiger charge is -2.31. The molecule has 0 atom stereocenters. The molecule has 1 saturated carbocycles. The van der Waals surface area contributed by atoms with Crippen LogP contribution in [0.1, 0.15) is 53.2 Å². The van der Waals surface area contributed by atoms with E-state index >= 15 is 0 Å². The highest BCUT2D eigenvalue weighted by Crippen LogP contribution is 2.24. The summed E-state index contributed by atoms with van der Waals surface area (Å²) in [5, 5.41) is 21.5. The van der Waals surface area contributed by atoms with Crippen molar-refractivity contribution in [3.63, 3.8) is 0 Å². The molecule has 30 heavy (non-hydrogen) atoms. The number of nitrogens with zero attached hydrogens (tertiary/aromatic N) is 7. The van der Waals surface area contributed by atoms with Crippen LogP contribution in [-0.4, -0.2) is 55.4 Å². The number of carbonyl (C=O) groups excluding carboxylic acids is 1. The van der Waals surface area contributed by atoms with Crippen molar-refractivity contribution < 1.29 is 9.42 Å². The smallest absolute Gasteiger partial charge is 0.293 e. The summed E-state index contributed by atoms with van der Waals surface area (Å²) in [4.78, 5) is 15.9. The zero-order valence-corrected chi connectivity index (χ0v) is 17.4. The van der Waals surface area contributed by atoms with Gasteiger partial charge in [-0.2, -0.15) is 9.78 Å². The van der Waals surface area contributed by atoms with Crippen LogP contribution in [0.3, 0.4) is 0 Å². The molecule has 0 radical (unpaired) electrons. The Balaban J connectivity index is 1.58. The third-order valence-electron chi connectivity index (χ3n) is 5.17. The fraction of sp³-hybridized carbons (Fsp3) is 0.444. The Hall–Kier alpha value is -3.12. The van der Waals surface area contributed by atoms with Crippen molar-refractivity contribution in [2.75, 3.05) is 12.8 Å². The van der Waals surface area contributed by atoms with E-state index < -0.39 is 5.91 Å². The van der Waals surface area contributed by atoms with Crippen molar-refractivity contribution in [3.05, 3.63) is 33.8 Å². The molecule has 0 unspecified atom stereocenters. The van der Waals surface area contributed by atoms with E-state index in [1.807, 2.05) is 24.6 Å². The van der Waals surface area contributed by atoms with E-state index in [4.69, 9.17) is 10.4 Å². The standard InChI is InChI=1S/C18H23N9O2S/c1-26(12-6-3-2-4-7-12)11-14-15(18(28)22-20-10-13-8-5-9-30-13)21-25-27(14)17-16(19)23-29-24-17/h5,8-10,12H,2-4,6-7,11H2,1H3,(H2,19,23)(H,22,28). The maximum Gasteiger partial charge on any atom is 0.293 e. The number of thiophene rings is 1. The van der Waals surface area contributed by atoms with Gasteiger partial charge in [0.05, 0.1) is 11.9 Å². The van der Waals surface area contributed by atoms with Gasteiger partial charge in [-0.15, -0.1) is 16.4 Å². The third-order valence-corrected chi connectivity index (χ3v) is 5.98. The molecule has 158 valence electrons. The molecular weight excluding hydrogens is 406 g/mol. The summed E-state index contributed by atoms with van der Waals surface area (Å²) in [6, 6.07) is 4.25. The van der Waals surface area contributed by atoms with Crippen molar-refractivity contribution in [1.82, 2.24) is 35.6 Å². The lowest BCUT2D eigenvalue weighted by atomic mass is 9.94. The summed E-state index contributed by atoms with van der Waals surface area (Å²) in [6.07, 6.45) is 7.51. The quantitative estimate of drug-likeness (QED) is 0.428. The maximum atomic E-state index is 12.8. The minimum Gasteiger partial charge on any atom is -0.378 e. The van der Waals surface area contributed by atoms with E-state index in [2.05, 4.69) is 36.1 Å². The first-order chi connectivity index (χ1) is 14.6. The van der Waals surface area contributed by atoms with Gasteiger partial charge in [0.1, 0.15) is 0 Å². The van der Waals surface area contributed by atoms with E-state index in [0.29, 0.717) is 18.3 Å². The van der Waals surface area contributed by atoms with Crippen molar-refractivity contribution in [2.24, 2.45) is 5.10 Å². The molecule has 1 amide bonds. The van der Waals surface area contributed by atoms with Crippen LogP contribution in [0.5, 0.6) is 0 Å². The van der Waals surface area contributed by atoms with Crippen molar-refractivity contribution in [2.45, 2.75) is 44.7 Å². The number of rotatable bonds is 7. The third kappa shape index (κ3) is 4.39. The molecule has 0 aromatic carbocycles. The second-order valence-electron chi connectivity index (χ2n) is 7.19. The zero-order valence-electron chi connectivity index (χ0n) is 16.6. The van der Waals surface area contributed by atoms with Gasteiger partial charge in [0.15, 0.2) is 5.69 Å². The Morgan fingerprint density at radius 3 is 2.97 bits per heavy atom. The van der Waals surface area contributed by atoms with E-state index in [1.54, 1.807) is 6.21 Å². The summed E-state index contributed by atoms with van der Waals surface area (Å²) in [5.74, 6) is -0.184. The van der Waals surface area contributed by atoms with Crippen LogP contribution < -0.4 is 11.2 Å². The topological polar surface area (TPSA) is 140 Å². The molecular formula is C18H23N9O2S. The van der Waals surface area contributed by atoms with Gasteiger partial charge in [-0.3, -0.25) is 9.69 Å². The number of nitrogens with two attached hydrogens (primary N) is 1. The van der Waals surface area contributed by atoms with Gasteiger partial charge in [0, 0.05) is 17.5 Å². The first kappa shape index (κ1) is 20.2. The Morgan fingerprint density at radius 1 is 1.43 bits per heavy atom. The molecule has 4 rings (SSSR count). The van der Waals surface area contributed by atoms with E-state index in [1.165, 1.54) is 35.3 Å². The van der Waals surface area contributed by atoms with Gasteiger partial charge in [0.25, 0.3) is 5.91 Å². The molecule has 1 aliphatic carbocycles. The lowest BCUT2D eigenvalue weighted by Crippen LogP contribution is -2.34. The summed E-state index contributed by atoms with van der Waals surface area (Å²) >= 11 is 1.52. The molecule has 12 heteroatoms. The van der Waals surface area contributed by atoms with Crippen LogP contribution in [-0.2, 0) is 6.54 Å². The minimum absolute atomic E-state index is 0.0733. The van der Waals surface area contributed by atoms with Crippen LogP contribution in [0, 0.1) is 0 Å². The van der Waals surface area contributed by atoms with E-state index in [0.717, 1.165) is 17.7 Å². The number of anilines is 1. The Bertz CT molecular complexity index is 1000. The van der Waals surface area contributed by atoms with Gasteiger partial charge >= 0.3 is 0 Å². The van der Waals surface area contributed by atoms with Crippen molar-refractivity contribution in [3.8, 4) is 5.82 Å². The van der Waals surface area contributed by atoms with E-state index in [9.17, 15) is 4.79 Å². The molecule has 11 nitrogen and oxygen atoms in total. The Morgan fingerprint density at radius 2 is 2.27 bits per heavy atom. The fourth-order valence-electron chi connectivity index (χ4n) is 3.59. The number of hydrogen-bond acceptors (Lipinski definition) is 10. The molecule has 3 N–H and O–H groups in total. The Labute approximate surface area is 176 Å². The molecule has 0 bridgehead atoms. The average Bonchev–Trinajstić information content (AvgIpc) is 3.50. The highest BCUT2D eigenvalue weighted by atomic mass is 32.1. The first-order valence-corrected chi connectivity index (χ1v) is 10.6. The predicted molar refractivity (Wildman–Crippen MR) is 111 cm³/mol. The molecule has 0 aliphatic heterocycles. The van der Waals surface area contributed by atoms with Crippen LogP contribution >= 0.6 is 11.3 Å². The highest BCUT2D eigenvalue weighted by Gasteiger charge is 2.27. The molecule has 3 heterocycles. The fourth-order valence-corrected chi connectivity index (χ4v) is 4.17. The van der Waals surface area contributed by atoms with Crippen molar-refractivity contribution in [1.29, 1.82) is 0 Å². The van der Waals surface area contributed by atoms with Gasteiger partial charge in [-0.25, -0.2) is 10.1 Å². The molecule has 0 saturated heterocycles. The molecule has 1 aliphatic rings. The largest absolute Gasteiger partial charge is 0.378 e. The van der Waals surface area contributed by atoms with E-state index in [-0.39, 0.29) is 17.3 Å². The van der Waals surface area contributed by atoms with Gasteiger partial charge in [0.2, 0.25) is 11.6 Å². The number of hydrazone groups is 1. The lowest BCUT2D eigenvalue weighted by molar-refractivity contribution is 0.0947. The van der Waals surface area contributed by atoms with Gasteiger partial charge < -0.3 is 5.73 Å². The molecule has 1 fully saturated rings. The number of hydrogen-bond donors (Lipinski definition) is 2. The number of amides is 1. The van der Waals surface area contributed by atoms with Crippen LogP contribution in [0.4, 0.5) is 5.82 Å². The summed E-state index contributed by atoms with van der Waals surface area (Å²) in [6.45, 7) is 0.446. The number of carbonyl (C=O) groups is 1. The monoisotopic (exact) mass is 429 g/mol. The minimum atomic E-state index is -0.462. The SMILES string of the molecule is CN(Cc1c(C(=O)NN=Cc2cccs2)nnn1-c1nonc1N)C1CCCCC1. The Kier molecular flexibility index (Phi) is 6.14. The van der Waals surface area contributed by atoms with Crippen molar-refractivity contribution >= 4 is 29.3 Å². The molecule has 0 spiro atoms. The van der Waals surface area contributed by atoms with Crippen LogP contribution in [0.2, 0.25) is 0 Å². The number of nitrogen functional groups attached to an aromatic ring is 1. The second kappa shape index (κ2) is 9.13. The van der Waals surface area contributed by atoms with Crippen LogP contribution in [0.15, 0.2) is 27.2 Å². The summed E-state index contributed by atoms with van der Waals surface area (Å²) in [5.41, 5.74) is 9.06. The van der Waals surface area contributed by atoms with Gasteiger partial charge in [-0.05, 0) is 41.6 Å².